The molecule has 1 saturated heterocycles. The Labute approximate surface area is 164 Å². The number of nitrogens with zero attached hydrogens (tertiary/aromatic N) is 1. The van der Waals surface area contributed by atoms with Gasteiger partial charge in [-0.1, -0.05) is 18.2 Å². The summed E-state index contributed by atoms with van der Waals surface area (Å²) in [6.45, 7) is 8.63. The van der Waals surface area contributed by atoms with E-state index in [9.17, 15) is 0 Å². The zero-order chi connectivity index (χ0) is 19.5. The highest BCUT2D eigenvalue weighted by atomic mass is 16.7. The second-order valence-corrected chi connectivity index (χ2v) is 8.35. The van der Waals surface area contributed by atoms with Gasteiger partial charge in [0.2, 0.25) is 0 Å². The molecule has 2 aromatic carbocycles. The highest BCUT2D eigenvalue weighted by Crippen LogP contribution is 2.37. The molecule has 1 fully saturated rings. The first-order valence-corrected chi connectivity index (χ1v) is 9.56. The van der Waals surface area contributed by atoms with E-state index in [-0.39, 0.29) is 17.3 Å². The molecule has 3 heterocycles. The molecule has 0 bridgehead atoms. The molecule has 1 unspecified atom stereocenters. The van der Waals surface area contributed by atoms with E-state index in [0.717, 1.165) is 33.8 Å². The Bertz CT molecular complexity index is 1030. The molecule has 0 radical (unpaired) electrons. The Morgan fingerprint density at radius 1 is 1.00 bits per heavy atom. The summed E-state index contributed by atoms with van der Waals surface area (Å²) in [7, 11) is -0.401. The highest BCUT2D eigenvalue weighted by molar-refractivity contribution is 6.62. The van der Waals surface area contributed by atoms with Crippen LogP contribution in [0.1, 0.15) is 39.6 Å². The lowest BCUT2D eigenvalue weighted by atomic mass is 9.79. The molecule has 6 nitrogen and oxygen atoms in total. The van der Waals surface area contributed by atoms with Gasteiger partial charge in [0.1, 0.15) is 6.61 Å². The average Bonchev–Trinajstić information content (AvgIpc) is 3.18. The average molecular weight is 378 g/mol. The van der Waals surface area contributed by atoms with Gasteiger partial charge in [0.25, 0.3) is 0 Å². The lowest BCUT2D eigenvalue weighted by Gasteiger charge is -2.32. The Hall–Kier alpha value is -2.51. The van der Waals surface area contributed by atoms with Gasteiger partial charge in [0.15, 0.2) is 23.4 Å². The summed E-state index contributed by atoms with van der Waals surface area (Å²) < 4.78 is 24.2. The van der Waals surface area contributed by atoms with E-state index in [1.54, 1.807) is 0 Å². The monoisotopic (exact) mass is 378 g/mol. The Kier molecular flexibility index (Phi) is 3.76. The van der Waals surface area contributed by atoms with Crippen molar-refractivity contribution in [3.05, 3.63) is 48.3 Å². The number of H-pyrrole nitrogens is 1. The van der Waals surface area contributed by atoms with Crippen LogP contribution in [0.4, 0.5) is 0 Å². The molecule has 0 saturated carbocycles. The summed E-state index contributed by atoms with van der Waals surface area (Å²) in [5.41, 5.74) is 2.02. The quantitative estimate of drug-likeness (QED) is 0.693. The third-order valence-corrected chi connectivity index (χ3v) is 5.86. The van der Waals surface area contributed by atoms with Crippen molar-refractivity contribution in [1.29, 1.82) is 0 Å². The van der Waals surface area contributed by atoms with Gasteiger partial charge in [-0.05, 0) is 57.4 Å². The van der Waals surface area contributed by atoms with Crippen LogP contribution in [0, 0.1) is 0 Å². The van der Waals surface area contributed by atoms with Gasteiger partial charge in [-0.15, -0.1) is 0 Å². The van der Waals surface area contributed by atoms with Gasteiger partial charge in [-0.25, -0.2) is 4.98 Å². The minimum atomic E-state index is -0.401. The van der Waals surface area contributed by atoms with E-state index in [2.05, 4.69) is 32.7 Å². The number of imidazole rings is 1. The first-order chi connectivity index (χ1) is 13.3. The second-order valence-electron chi connectivity index (χ2n) is 8.35. The molecule has 2 aliphatic rings. The van der Waals surface area contributed by atoms with E-state index in [4.69, 9.17) is 23.8 Å². The first-order valence-electron chi connectivity index (χ1n) is 9.56. The standard InChI is InChI=1S/C21H23BN2O4/c1-20(2)21(3,4)28-22(27-20)13-9-10-14-15(11-13)24-19(23-14)18-12-25-16-7-5-6-8-17(16)26-18/h5-11,18H,12H2,1-4H3,(H,23,24). The smallest absolute Gasteiger partial charge is 0.485 e. The van der Waals surface area contributed by atoms with Crippen LogP contribution in [-0.4, -0.2) is 34.9 Å². The summed E-state index contributed by atoms with van der Waals surface area (Å²) in [5.74, 6) is 2.24. The Morgan fingerprint density at radius 3 is 2.46 bits per heavy atom. The van der Waals surface area contributed by atoms with Crippen LogP contribution in [0.5, 0.6) is 11.5 Å². The van der Waals surface area contributed by atoms with Crippen molar-refractivity contribution >= 4 is 23.6 Å². The van der Waals surface area contributed by atoms with Crippen molar-refractivity contribution in [2.45, 2.75) is 45.0 Å². The maximum atomic E-state index is 6.16. The van der Waals surface area contributed by atoms with Crippen molar-refractivity contribution in [1.82, 2.24) is 9.97 Å². The topological polar surface area (TPSA) is 65.6 Å². The largest absolute Gasteiger partial charge is 0.494 e. The molecule has 144 valence electrons. The number of benzene rings is 2. The second kappa shape index (κ2) is 5.99. The van der Waals surface area contributed by atoms with E-state index >= 15 is 0 Å². The van der Waals surface area contributed by atoms with Gasteiger partial charge in [-0.3, -0.25) is 0 Å². The number of rotatable bonds is 2. The molecule has 1 aromatic heterocycles. The maximum Gasteiger partial charge on any atom is 0.494 e. The molecule has 2 aliphatic heterocycles. The van der Waals surface area contributed by atoms with Gasteiger partial charge < -0.3 is 23.8 Å². The van der Waals surface area contributed by atoms with E-state index < -0.39 is 7.12 Å². The number of aromatic nitrogens is 2. The molecule has 1 N–H and O–H groups in total. The maximum absolute atomic E-state index is 6.16. The van der Waals surface area contributed by atoms with Crippen molar-refractivity contribution in [3.63, 3.8) is 0 Å². The minimum Gasteiger partial charge on any atom is -0.485 e. The van der Waals surface area contributed by atoms with E-state index in [1.807, 2.05) is 42.5 Å². The Morgan fingerprint density at radius 2 is 1.71 bits per heavy atom. The molecule has 0 spiro atoms. The molecule has 28 heavy (non-hydrogen) atoms. The number of hydrogen-bond acceptors (Lipinski definition) is 5. The fourth-order valence-corrected chi connectivity index (χ4v) is 3.48. The van der Waals surface area contributed by atoms with Crippen LogP contribution in [0.15, 0.2) is 42.5 Å². The normalized spacial score (nSPS) is 22.6. The molecule has 0 aliphatic carbocycles. The summed E-state index contributed by atoms with van der Waals surface area (Å²) in [5, 5.41) is 0. The van der Waals surface area contributed by atoms with Crippen molar-refractivity contribution in [2.75, 3.05) is 6.61 Å². The van der Waals surface area contributed by atoms with E-state index in [1.165, 1.54) is 0 Å². The van der Waals surface area contributed by atoms with Crippen molar-refractivity contribution in [3.8, 4) is 11.5 Å². The zero-order valence-corrected chi connectivity index (χ0v) is 16.5. The number of aromatic amines is 1. The highest BCUT2D eigenvalue weighted by Gasteiger charge is 2.51. The summed E-state index contributed by atoms with van der Waals surface area (Å²) in [6, 6.07) is 13.7. The molecule has 7 heteroatoms. The third kappa shape index (κ3) is 2.77. The predicted molar refractivity (Wildman–Crippen MR) is 107 cm³/mol. The fraction of sp³-hybridized carbons (Fsp3) is 0.381. The number of hydrogen-bond donors (Lipinski definition) is 1. The molecular formula is C21H23BN2O4. The van der Waals surface area contributed by atoms with Crippen LogP contribution in [0.2, 0.25) is 0 Å². The first kappa shape index (κ1) is 17.6. The number of ether oxygens (including phenoxy) is 2. The van der Waals surface area contributed by atoms with Crippen LogP contribution in [0.3, 0.4) is 0 Å². The SMILES string of the molecule is CC1(C)OB(c2ccc3nc(C4COc5ccccc5O4)[nH]c3c2)OC1(C)C. The van der Waals surface area contributed by atoms with Crippen molar-refractivity contribution < 1.29 is 18.8 Å². The van der Waals surface area contributed by atoms with E-state index in [0.29, 0.717) is 6.61 Å². The van der Waals surface area contributed by atoms with Crippen LogP contribution < -0.4 is 14.9 Å². The number of nitrogens with one attached hydrogen (secondary N) is 1. The predicted octanol–water partition coefficient (Wildman–Crippen LogP) is 3.37. The fourth-order valence-electron chi connectivity index (χ4n) is 3.48. The third-order valence-electron chi connectivity index (χ3n) is 5.86. The number of fused-ring (bicyclic) bond motifs is 2. The molecule has 5 rings (SSSR count). The van der Waals surface area contributed by atoms with Gasteiger partial charge >= 0.3 is 7.12 Å². The molecule has 0 amide bonds. The lowest BCUT2D eigenvalue weighted by Crippen LogP contribution is -2.41. The lowest BCUT2D eigenvalue weighted by molar-refractivity contribution is 0.00578. The number of para-hydroxylation sites is 2. The summed E-state index contributed by atoms with van der Waals surface area (Å²) in [4.78, 5) is 8.07. The van der Waals surface area contributed by atoms with Gasteiger partial charge in [-0.2, -0.15) is 0 Å². The van der Waals surface area contributed by atoms with Crippen molar-refractivity contribution in [2.24, 2.45) is 0 Å². The van der Waals surface area contributed by atoms with Crippen LogP contribution >= 0.6 is 0 Å². The molecule has 3 aromatic rings. The molecule has 1 atom stereocenters. The zero-order valence-electron chi connectivity index (χ0n) is 16.5. The summed E-state index contributed by atoms with van der Waals surface area (Å²) in [6.07, 6.45) is -0.275. The van der Waals surface area contributed by atoms with Gasteiger partial charge in [0, 0.05) is 0 Å². The minimum absolute atomic E-state index is 0.275. The van der Waals surface area contributed by atoms with Crippen LogP contribution in [-0.2, 0) is 9.31 Å². The van der Waals surface area contributed by atoms with Crippen LogP contribution in [0.25, 0.3) is 11.0 Å². The Balaban J connectivity index is 1.42. The van der Waals surface area contributed by atoms with Gasteiger partial charge in [0.05, 0.1) is 22.2 Å². The molecular weight excluding hydrogens is 355 g/mol. The summed E-state index contributed by atoms with van der Waals surface area (Å²) >= 11 is 0.